The van der Waals surface area contributed by atoms with Gasteiger partial charge in [0.25, 0.3) is 5.69 Å². The summed E-state index contributed by atoms with van der Waals surface area (Å²) in [7, 11) is 0. The fraction of sp³-hybridized carbons (Fsp3) is 0.192. The van der Waals surface area contributed by atoms with Crippen LogP contribution < -0.4 is 10.6 Å². The van der Waals surface area contributed by atoms with Gasteiger partial charge in [-0.2, -0.15) is 0 Å². The lowest BCUT2D eigenvalue weighted by Crippen LogP contribution is -2.32. The number of rotatable bonds is 8. The Bertz CT molecular complexity index is 1420. The lowest BCUT2D eigenvalue weighted by atomic mass is 10.1. The minimum atomic E-state index is -0.548. The summed E-state index contributed by atoms with van der Waals surface area (Å²) in [5.41, 5.74) is 4.20. The Morgan fingerprint density at radius 1 is 1.08 bits per heavy atom. The Labute approximate surface area is 217 Å². The average Bonchev–Trinajstić information content (AvgIpc) is 3.30. The molecule has 0 aliphatic carbocycles. The summed E-state index contributed by atoms with van der Waals surface area (Å²) < 4.78 is 15.0. The van der Waals surface area contributed by atoms with Crippen LogP contribution in [0.25, 0.3) is 5.69 Å². The van der Waals surface area contributed by atoms with Crippen LogP contribution >= 0.6 is 11.8 Å². The molecule has 2 amide bonds. The summed E-state index contributed by atoms with van der Waals surface area (Å²) in [4.78, 5) is 23.4. The Morgan fingerprint density at radius 2 is 1.78 bits per heavy atom. The number of hydrogen-bond acceptors (Lipinski definition) is 6. The lowest BCUT2D eigenvalue weighted by molar-refractivity contribution is -0.384. The Kier molecular flexibility index (Phi) is 7.83. The smallest absolute Gasteiger partial charge is 0.319 e. The number of nitrogens with one attached hydrogen (secondary N) is 2. The van der Waals surface area contributed by atoms with E-state index in [-0.39, 0.29) is 11.5 Å². The van der Waals surface area contributed by atoms with Gasteiger partial charge in [0, 0.05) is 29.3 Å². The predicted octanol–water partition coefficient (Wildman–Crippen LogP) is 6.11. The molecule has 0 saturated carbocycles. The Hall–Kier alpha value is -4.25. The number of non-ortho nitro benzene ring substituents is 1. The van der Waals surface area contributed by atoms with Crippen molar-refractivity contribution in [3.8, 4) is 5.69 Å². The number of aryl methyl sites for hydroxylation is 1. The largest absolute Gasteiger partial charge is 0.328 e. The fourth-order valence-corrected chi connectivity index (χ4v) is 4.57. The molecule has 4 rings (SSSR count). The van der Waals surface area contributed by atoms with Crippen molar-refractivity contribution in [2.45, 2.75) is 37.7 Å². The molecule has 0 fully saturated rings. The third kappa shape index (κ3) is 6.12. The second-order valence-electron chi connectivity index (χ2n) is 8.43. The van der Waals surface area contributed by atoms with E-state index in [2.05, 4.69) is 20.8 Å². The number of anilines is 1. The summed E-state index contributed by atoms with van der Waals surface area (Å²) in [5, 5.41) is 26.1. The van der Waals surface area contributed by atoms with E-state index < -0.39 is 17.0 Å². The molecule has 37 heavy (non-hydrogen) atoms. The van der Waals surface area contributed by atoms with Gasteiger partial charge >= 0.3 is 6.03 Å². The molecule has 0 aliphatic rings. The van der Waals surface area contributed by atoms with Crippen LogP contribution in [0.1, 0.15) is 35.5 Å². The van der Waals surface area contributed by atoms with E-state index in [0.29, 0.717) is 28.1 Å². The van der Waals surface area contributed by atoms with Crippen molar-refractivity contribution < 1.29 is 14.1 Å². The number of carbonyl (C=O) groups excluding carboxylic acids is 1. The summed E-state index contributed by atoms with van der Waals surface area (Å²) in [6, 6.07) is 16.9. The van der Waals surface area contributed by atoms with Crippen molar-refractivity contribution in [1.82, 2.24) is 20.1 Å². The van der Waals surface area contributed by atoms with Crippen LogP contribution in [0.4, 0.5) is 20.6 Å². The molecule has 0 saturated heterocycles. The number of nitro groups is 1. The zero-order chi connectivity index (χ0) is 26.5. The van der Waals surface area contributed by atoms with Gasteiger partial charge in [-0.05, 0) is 67.8 Å². The normalized spacial score (nSPS) is 11.7. The molecule has 4 aromatic rings. The zero-order valence-electron chi connectivity index (χ0n) is 20.4. The van der Waals surface area contributed by atoms with E-state index in [1.807, 2.05) is 32.0 Å². The third-order valence-electron chi connectivity index (χ3n) is 5.85. The van der Waals surface area contributed by atoms with Crippen LogP contribution in [0.15, 0.2) is 71.9 Å². The first-order valence-electron chi connectivity index (χ1n) is 11.4. The van der Waals surface area contributed by atoms with E-state index in [1.54, 1.807) is 35.8 Å². The Morgan fingerprint density at radius 3 is 2.46 bits per heavy atom. The van der Waals surface area contributed by atoms with Gasteiger partial charge in [0.05, 0.1) is 11.0 Å². The van der Waals surface area contributed by atoms with Crippen LogP contribution in [0.2, 0.25) is 0 Å². The predicted molar refractivity (Wildman–Crippen MR) is 140 cm³/mol. The molecule has 1 atom stereocenters. The van der Waals surface area contributed by atoms with Gasteiger partial charge in [0.1, 0.15) is 5.82 Å². The third-order valence-corrected chi connectivity index (χ3v) is 6.85. The number of nitrogens with zero attached hydrogens (tertiary/aromatic N) is 4. The molecule has 1 unspecified atom stereocenters. The van der Waals surface area contributed by atoms with E-state index in [0.717, 1.165) is 16.7 Å². The molecule has 2 N–H and O–H groups in total. The summed E-state index contributed by atoms with van der Waals surface area (Å²) in [6.07, 6.45) is 0. The van der Waals surface area contributed by atoms with Gasteiger partial charge in [0.2, 0.25) is 0 Å². The van der Waals surface area contributed by atoms with Crippen molar-refractivity contribution in [1.29, 1.82) is 0 Å². The second-order valence-corrected chi connectivity index (χ2v) is 9.37. The molecular formula is C26H25FN6O3S. The molecular weight excluding hydrogens is 495 g/mol. The van der Waals surface area contributed by atoms with Crippen molar-refractivity contribution >= 4 is 29.2 Å². The molecule has 1 aromatic heterocycles. The second kappa shape index (κ2) is 11.2. The highest BCUT2D eigenvalue weighted by atomic mass is 32.2. The van der Waals surface area contributed by atoms with Crippen LogP contribution in [-0.2, 0) is 5.75 Å². The minimum Gasteiger partial charge on any atom is -0.328 e. The lowest BCUT2D eigenvalue weighted by Gasteiger charge is -2.17. The van der Waals surface area contributed by atoms with E-state index >= 15 is 0 Å². The number of thioether (sulfide) groups is 1. The van der Waals surface area contributed by atoms with Gasteiger partial charge in [-0.25, -0.2) is 9.18 Å². The van der Waals surface area contributed by atoms with E-state index in [4.69, 9.17) is 0 Å². The first-order chi connectivity index (χ1) is 17.7. The first-order valence-corrected chi connectivity index (χ1v) is 12.4. The maximum atomic E-state index is 13.3. The maximum absolute atomic E-state index is 13.3. The Balaban J connectivity index is 1.59. The van der Waals surface area contributed by atoms with Crippen LogP contribution in [-0.4, -0.2) is 25.7 Å². The number of aromatic nitrogens is 3. The van der Waals surface area contributed by atoms with Gasteiger partial charge in [-0.3, -0.25) is 14.7 Å². The number of amides is 2. The number of halogens is 1. The summed E-state index contributed by atoms with van der Waals surface area (Å²) in [5.74, 6) is 0.635. The highest BCUT2D eigenvalue weighted by Crippen LogP contribution is 2.29. The van der Waals surface area contributed by atoms with Crippen molar-refractivity contribution in [2.24, 2.45) is 0 Å². The minimum absolute atomic E-state index is 0.0436. The monoisotopic (exact) mass is 520 g/mol. The molecule has 11 heteroatoms. The SMILES string of the molecule is Cc1cccc(NC(=O)NC(C)c2nnc(SCc3ccc(F)cc3)n2-c2ccc([N+](=O)[O-])cc2)c1C. The summed E-state index contributed by atoms with van der Waals surface area (Å²) >= 11 is 1.38. The molecule has 9 nitrogen and oxygen atoms in total. The van der Waals surface area contributed by atoms with Crippen LogP contribution in [0.5, 0.6) is 0 Å². The van der Waals surface area contributed by atoms with Gasteiger partial charge < -0.3 is 10.6 Å². The fourth-order valence-electron chi connectivity index (χ4n) is 3.66. The zero-order valence-corrected chi connectivity index (χ0v) is 21.3. The van der Waals surface area contributed by atoms with Gasteiger partial charge in [0.15, 0.2) is 11.0 Å². The van der Waals surface area contributed by atoms with E-state index in [9.17, 15) is 19.3 Å². The molecule has 0 aliphatic heterocycles. The molecule has 0 bridgehead atoms. The maximum Gasteiger partial charge on any atom is 0.319 e. The highest BCUT2D eigenvalue weighted by molar-refractivity contribution is 7.98. The van der Waals surface area contributed by atoms with Gasteiger partial charge in [-0.1, -0.05) is 36.0 Å². The molecule has 0 radical (unpaired) electrons. The number of nitro benzene ring substituents is 1. The first kappa shape index (κ1) is 25.8. The standard InChI is InChI=1S/C26H25FN6O3S/c1-16-5-4-6-23(17(16)2)29-25(34)28-18(3)24-30-31-26(37-15-19-7-9-20(27)10-8-19)32(24)21-11-13-22(14-12-21)33(35)36/h4-14,18H,15H2,1-3H3,(H2,28,29,34). The van der Waals surface area contributed by atoms with Crippen LogP contribution in [0.3, 0.4) is 0 Å². The average molecular weight is 521 g/mol. The molecule has 1 heterocycles. The highest BCUT2D eigenvalue weighted by Gasteiger charge is 2.22. The van der Waals surface area contributed by atoms with E-state index in [1.165, 1.54) is 36.0 Å². The summed E-state index contributed by atoms with van der Waals surface area (Å²) in [6.45, 7) is 5.69. The number of urea groups is 1. The quantitative estimate of drug-likeness (QED) is 0.165. The number of carbonyl (C=O) groups is 1. The van der Waals surface area contributed by atoms with Gasteiger partial charge in [-0.15, -0.1) is 10.2 Å². The topological polar surface area (TPSA) is 115 Å². The molecule has 190 valence electrons. The van der Waals surface area contributed by atoms with Crippen LogP contribution in [0, 0.1) is 29.8 Å². The number of benzene rings is 3. The van der Waals surface area contributed by atoms with Crippen molar-refractivity contribution in [3.63, 3.8) is 0 Å². The molecule has 0 spiro atoms. The van der Waals surface area contributed by atoms with Crippen molar-refractivity contribution in [3.05, 3.63) is 105 Å². The molecule has 3 aromatic carbocycles. The van der Waals surface area contributed by atoms with Crippen molar-refractivity contribution in [2.75, 3.05) is 5.32 Å². The number of hydrogen-bond donors (Lipinski definition) is 2.